The van der Waals surface area contributed by atoms with Crippen molar-refractivity contribution in [2.45, 2.75) is 94.5 Å². The summed E-state index contributed by atoms with van der Waals surface area (Å²) in [7, 11) is 0. The third-order valence-corrected chi connectivity index (χ3v) is 5.50. The molecule has 1 aromatic carbocycles. The zero-order valence-electron chi connectivity index (χ0n) is 26.1. The summed E-state index contributed by atoms with van der Waals surface area (Å²) in [6.07, 6.45) is -11.7. The van der Waals surface area contributed by atoms with Gasteiger partial charge in [0.1, 0.15) is 22.6 Å². The molecule has 0 saturated heterocycles. The Kier molecular flexibility index (Phi) is 12.1. The van der Waals surface area contributed by atoms with Gasteiger partial charge in [0.25, 0.3) is 0 Å². The Morgan fingerprint density at radius 3 is 1.17 bits per heavy atom. The lowest BCUT2D eigenvalue weighted by Gasteiger charge is -2.41. The fourth-order valence-electron chi connectivity index (χ4n) is 3.14. The number of rotatable bonds is 10. The Morgan fingerprint density at radius 1 is 0.500 bits per heavy atom. The minimum Gasteiger partial charge on any atom is -0.444 e. The number of carbonyl (C=O) groups excluding carboxylic acids is 2. The normalized spacial score (nSPS) is 14.8. The van der Waals surface area contributed by atoms with Crippen molar-refractivity contribution in [1.29, 1.82) is 0 Å². The smallest absolute Gasteiger partial charge is 0.444 e. The second kappa shape index (κ2) is 13.7. The van der Waals surface area contributed by atoms with Crippen LogP contribution in [0.1, 0.15) is 41.5 Å². The van der Waals surface area contributed by atoms with Crippen molar-refractivity contribution in [3.63, 3.8) is 0 Å². The Hall–Kier alpha value is -4.10. The first kappa shape index (κ1) is 45.9. The number of benzene rings is 1. The molecule has 7 nitrogen and oxygen atoms in total. The zero-order valence-corrected chi connectivity index (χ0v) is 26.1. The van der Waals surface area contributed by atoms with E-state index in [1.165, 1.54) is 31.4 Å². The van der Waals surface area contributed by atoms with Crippen molar-refractivity contribution in [2.75, 3.05) is 10.6 Å². The van der Waals surface area contributed by atoms with Gasteiger partial charge < -0.3 is 14.2 Å². The topological polar surface area (TPSA) is 85.9 Å². The molecule has 1 aromatic rings. The molecule has 0 aliphatic carbocycles. The van der Waals surface area contributed by atoms with Crippen molar-refractivity contribution in [3.05, 3.63) is 29.3 Å². The van der Waals surface area contributed by atoms with E-state index >= 15 is 4.39 Å². The first-order valence-electron chi connectivity index (χ1n) is 12.9. The van der Waals surface area contributed by atoms with Gasteiger partial charge in [-0.1, -0.05) is 0 Å². The van der Waals surface area contributed by atoms with Crippen molar-refractivity contribution >= 4 is 23.6 Å². The lowest BCUT2D eigenvalue weighted by atomic mass is 9.91. The largest absolute Gasteiger partial charge is 0.460 e. The third-order valence-electron chi connectivity index (χ3n) is 5.50. The predicted octanol–water partition coefficient (Wildman–Crippen LogP) is 10.7. The molecular weight excluding hydrogens is 788 g/mol. The maximum Gasteiger partial charge on any atom is 0.460 e. The van der Waals surface area contributed by atoms with E-state index in [0.29, 0.717) is 0 Å². The highest BCUT2D eigenvalue weighted by molar-refractivity contribution is 5.96. The Morgan fingerprint density at radius 2 is 0.827 bits per heavy atom. The second-order valence-electron chi connectivity index (χ2n) is 11.9. The van der Waals surface area contributed by atoms with Gasteiger partial charge >= 0.3 is 59.9 Å². The molecule has 0 spiro atoms. The number of hydrogen-bond acceptors (Lipinski definition) is 5. The van der Waals surface area contributed by atoms with Crippen LogP contribution in [0.5, 0.6) is 5.75 Å². The maximum atomic E-state index is 15.3. The van der Waals surface area contributed by atoms with Crippen LogP contribution in [0.4, 0.5) is 109 Å². The van der Waals surface area contributed by atoms with E-state index < -0.39 is 112 Å². The van der Waals surface area contributed by atoms with Gasteiger partial charge in [0.15, 0.2) is 11.6 Å². The molecule has 0 radical (unpaired) electrons. The van der Waals surface area contributed by atoms with E-state index in [-0.39, 0.29) is 0 Å². The number of anilines is 2. The SMILES string of the molecule is CC(C)(C)OC(=O)Nc1c(F)c(F)c(OC(F)=C(F)C(F)(F)C(F)(F)C(F)(F)C(F)(F)C(F)(F)C(F)(F)C(F)(F)F)c(F)c1NC(=O)OC(C)(C)C. The molecule has 27 heteroatoms. The summed E-state index contributed by atoms with van der Waals surface area (Å²) in [5.41, 5.74) is -6.83. The van der Waals surface area contributed by atoms with Crippen LogP contribution >= 0.6 is 0 Å². The van der Waals surface area contributed by atoms with Crippen LogP contribution < -0.4 is 15.4 Å². The molecule has 0 saturated carbocycles. The van der Waals surface area contributed by atoms with Crippen LogP contribution in [0.3, 0.4) is 0 Å². The number of hydrogen-bond donors (Lipinski definition) is 2. The third kappa shape index (κ3) is 8.25. The molecule has 2 amide bonds. The van der Waals surface area contributed by atoms with E-state index in [4.69, 9.17) is 0 Å². The van der Waals surface area contributed by atoms with E-state index in [0.717, 1.165) is 20.8 Å². The van der Waals surface area contributed by atoms with Crippen molar-refractivity contribution < 1.29 is 112 Å². The van der Waals surface area contributed by atoms with Gasteiger partial charge in [-0.2, -0.15) is 79.0 Å². The van der Waals surface area contributed by atoms with Crippen molar-refractivity contribution in [2.24, 2.45) is 0 Å². The standard InChI is InChI=1S/C25H20F20N2O5/c1-17(2,3)51-15(48)46-10-7(26)8(27)12(9(28)11(10)47-16(49)52-18(4,5)6)50-14(30)13(29)19(31,32)20(33,34)21(35,36)22(37,38)23(39,40)24(41,42)25(43,44)45/h1-6H3,(H,46,48)(H,47,49). The van der Waals surface area contributed by atoms with E-state index in [1.807, 2.05) is 0 Å². The number of ether oxygens (including phenoxy) is 3. The first-order valence-corrected chi connectivity index (χ1v) is 12.9. The number of alkyl halides is 15. The van der Waals surface area contributed by atoms with Crippen molar-refractivity contribution in [1.82, 2.24) is 0 Å². The Labute approximate surface area is 276 Å². The highest BCUT2D eigenvalue weighted by Crippen LogP contribution is 2.63. The fraction of sp³-hybridized carbons (Fsp3) is 0.600. The maximum absolute atomic E-state index is 15.3. The molecule has 0 bridgehead atoms. The zero-order chi connectivity index (χ0) is 41.8. The molecule has 2 N–H and O–H groups in total. The van der Waals surface area contributed by atoms with Gasteiger partial charge in [-0.3, -0.25) is 10.6 Å². The molecule has 0 heterocycles. The predicted molar refractivity (Wildman–Crippen MR) is 132 cm³/mol. The average molecular weight is 808 g/mol. The summed E-state index contributed by atoms with van der Waals surface area (Å²) in [4.78, 5) is 24.3. The Balaban J connectivity index is 3.94. The molecule has 1 rings (SSSR count). The first-order chi connectivity index (χ1) is 22.6. The quantitative estimate of drug-likeness (QED) is 0.140. The highest BCUT2D eigenvalue weighted by atomic mass is 19.4. The van der Waals surface area contributed by atoms with Crippen LogP contribution in [0.15, 0.2) is 11.8 Å². The van der Waals surface area contributed by atoms with Crippen LogP contribution in [-0.2, 0) is 9.47 Å². The molecule has 52 heavy (non-hydrogen) atoms. The number of nitrogens with one attached hydrogen (secondary N) is 2. The van der Waals surface area contributed by atoms with Gasteiger partial charge in [0.05, 0.1) is 0 Å². The summed E-state index contributed by atoms with van der Waals surface area (Å²) in [6.45, 7) is 6.90. The van der Waals surface area contributed by atoms with E-state index in [9.17, 15) is 93.0 Å². The molecule has 0 aromatic heterocycles. The molecule has 300 valence electrons. The number of allylic oxidation sites excluding steroid dienone is 1. The van der Waals surface area contributed by atoms with Crippen LogP contribution in [0.2, 0.25) is 0 Å². The van der Waals surface area contributed by atoms with E-state index in [1.54, 1.807) is 0 Å². The number of halogens is 20. The van der Waals surface area contributed by atoms with Crippen LogP contribution in [-0.4, -0.2) is 65.1 Å². The van der Waals surface area contributed by atoms with Crippen LogP contribution in [0.25, 0.3) is 0 Å². The molecule has 0 fully saturated rings. The average Bonchev–Trinajstić information content (AvgIpc) is 2.92. The lowest BCUT2D eigenvalue weighted by molar-refractivity contribution is -0.451. The van der Waals surface area contributed by atoms with Gasteiger partial charge in [0.2, 0.25) is 17.4 Å². The fourth-order valence-corrected chi connectivity index (χ4v) is 3.14. The number of amides is 2. The van der Waals surface area contributed by atoms with Gasteiger partial charge in [0, 0.05) is 0 Å². The minimum atomic E-state index is -8.91. The van der Waals surface area contributed by atoms with E-state index in [2.05, 4.69) is 14.2 Å². The molecule has 0 unspecified atom stereocenters. The summed E-state index contributed by atoms with van der Waals surface area (Å²) in [6, 6.07) is -4.34. The van der Waals surface area contributed by atoms with Gasteiger partial charge in [-0.15, -0.1) is 0 Å². The van der Waals surface area contributed by atoms with Crippen molar-refractivity contribution in [3.8, 4) is 5.75 Å². The minimum absolute atomic E-state index is 1.13. The highest BCUT2D eigenvalue weighted by Gasteiger charge is 2.94. The summed E-state index contributed by atoms with van der Waals surface area (Å²) < 4.78 is 287. The molecule has 0 aliphatic heterocycles. The molecular formula is C25H20F20N2O5. The summed E-state index contributed by atoms with van der Waals surface area (Å²) in [5.74, 6) is -68.4. The molecule has 0 atom stereocenters. The Bertz CT molecular complexity index is 1580. The monoisotopic (exact) mass is 808 g/mol. The second-order valence-corrected chi connectivity index (χ2v) is 11.9. The summed E-state index contributed by atoms with van der Waals surface area (Å²) >= 11 is 0. The summed E-state index contributed by atoms with van der Waals surface area (Å²) in [5, 5.41) is 2.57. The molecule has 0 aliphatic rings. The van der Waals surface area contributed by atoms with Crippen LogP contribution in [0, 0.1) is 17.5 Å². The van der Waals surface area contributed by atoms with Gasteiger partial charge in [-0.25, -0.2) is 18.4 Å². The van der Waals surface area contributed by atoms with Gasteiger partial charge in [-0.05, 0) is 41.5 Å². The number of carbonyl (C=O) groups is 2. The lowest BCUT2D eigenvalue weighted by Crippen LogP contribution is -2.72.